The van der Waals surface area contributed by atoms with Crippen LogP contribution in [0.15, 0.2) is 18.2 Å². The van der Waals surface area contributed by atoms with Gasteiger partial charge in [0, 0.05) is 5.46 Å². The van der Waals surface area contributed by atoms with Gasteiger partial charge in [-0.15, -0.1) is 0 Å². The van der Waals surface area contributed by atoms with E-state index in [-0.39, 0.29) is 0 Å². The third-order valence-electron chi connectivity index (χ3n) is 2.07. The lowest BCUT2D eigenvalue weighted by Crippen LogP contribution is -2.49. The smallest absolute Gasteiger partial charge is 0.505 e. The van der Waals surface area contributed by atoms with Crippen LogP contribution in [0.25, 0.3) is 0 Å². The Kier molecular flexibility index (Phi) is 4.79. The quantitative estimate of drug-likeness (QED) is 0.284. The zero-order chi connectivity index (χ0) is 15.6. The molecule has 2 N–H and O–H groups in total. The van der Waals surface area contributed by atoms with Gasteiger partial charge >= 0.3 is 19.4 Å². The van der Waals surface area contributed by atoms with Gasteiger partial charge in [0.1, 0.15) is 0 Å². The standard InChI is InChI=1S/C9H8BF5O5/c1-18-20-10(19-9(14,15)8(11,12)13)5-3-2-4-6(16)7(5)17/h2-4,16-17H,1H3. The number of halogens is 5. The Balaban J connectivity index is 3.10. The second-order valence-electron chi connectivity index (χ2n) is 3.44. The Morgan fingerprint density at radius 3 is 2.20 bits per heavy atom. The molecule has 20 heavy (non-hydrogen) atoms. The van der Waals surface area contributed by atoms with E-state index >= 15 is 0 Å². The second kappa shape index (κ2) is 5.81. The topological polar surface area (TPSA) is 68.2 Å². The molecule has 0 aliphatic heterocycles. The molecule has 11 heteroatoms. The van der Waals surface area contributed by atoms with E-state index in [0.29, 0.717) is 0 Å². The first-order chi connectivity index (χ1) is 9.10. The molecule has 0 aliphatic rings. The van der Waals surface area contributed by atoms with Gasteiger partial charge in [-0.3, -0.25) is 9.69 Å². The number of rotatable bonds is 5. The molecular weight excluding hydrogens is 294 g/mol. The van der Waals surface area contributed by atoms with E-state index < -0.39 is 36.4 Å². The van der Waals surface area contributed by atoms with E-state index in [2.05, 4.69) is 14.3 Å². The average Bonchev–Trinajstić information content (AvgIpc) is 2.30. The van der Waals surface area contributed by atoms with E-state index in [0.717, 1.165) is 25.3 Å². The maximum Gasteiger partial charge on any atom is 0.533 e. The van der Waals surface area contributed by atoms with Gasteiger partial charge in [0.05, 0.1) is 7.11 Å². The minimum absolute atomic E-state index is 0.671. The predicted molar refractivity (Wildman–Crippen MR) is 55.3 cm³/mol. The fourth-order valence-corrected chi connectivity index (χ4v) is 1.16. The minimum atomic E-state index is -5.99. The number of phenols is 2. The predicted octanol–water partition coefficient (Wildman–Crippen LogP) is 1.54. The Morgan fingerprint density at radius 1 is 1.10 bits per heavy atom. The van der Waals surface area contributed by atoms with Crippen molar-refractivity contribution in [3.05, 3.63) is 18.2 Å². The Bertz CT molecular complexity index is 467. The number of para-hydroxylation sites is 1. The van der Waals surface area contributed by atoms with Crippen molar-refractivity contribution < 1.29 is 46.5 Å². The van der Waals surface area contributed by atoms with E-state index in [1.54, 1.807) is 0 Å². The lowest BCUT2D eigenvalue weighted by molar-refractivity contribution is -0.371. The van der Waals surface area contributed by atoms with Gasteiger partial charge in [-0.2, -0.15) is 22.0 Å². The first-order valence-corrected chi connectivity index (χ1v) is 4.93. The normalized spacial score (nSPS) is 12.5. The van der Waals surface area contributed by atoms with Crippen molar-refractivity contribution in [1.29, 1.82) is 0 Å². The molecule has 0 bridgehead atoms. The summed E-state index contributed by atoms with van der Waals surface area (Å²) in [5, 5.41) is 18.6. The fourth-order valence-electron chi connectivity index (χ4n) is 1.16. The van der Waals surface area contributed by atoms with E-state index in [4.69, 9.17) is 5.11 Å². The molecule has 5 nitrogen and oxygen atoms in total. The van der Waals surface area contributed by atoms with E-state index in [9.17, 15) is 27.1 Å². The van der Waals surface area contributed by atoms with Crippen LogP contribution in [-0.4, -0.2) is 36.7 Å². The molecule has 1 rings (SSSR count). The molecule has 112 valence electrons. The molecule has 0 aliphatic carbocycles. The third kappa shape index (κ3) is 3.49. The molecule has 0 saturated heterocycles. The SMILES string of the molecule is COOB(OC(F)(F)C(F)(F)F)c1cccc(O)c1O. The lowest BCUT2D eigenvalue weighted by atomic mass is 9.78. The lowest BCUT2D eigenvalue weighted by Gasteiger charge is -2.23. The maximum absolute atomic E-state index is 12.8. The van der Waals surface area contributed by atoms with Gasteiger partial charge in [-0.1, -0.05) is 12.1 Å². The van der Waals surface area contributed by atoms with Gasteiger partial charge in [0.15, 0.2) is 11.5 Å². The molecule has 0 atom stereocenters. The van der Waals surface area contributed by atoms with Gasteiger partial charge in [0.2, 0.25) is 0 Å². The third-order valence-corrected chi connectivity index (χ3v) is 2.07. The molecule has 0 unspecified atom stereocenters. The maximum atomic E-state index is 12.8. The summed E-state index contributed by atoms with van der Waals surface area (Å²) in [6.45, 7) is 0. The van der Waals surface area contributed by atoms with Crippen molar-refractivity contribution in [1.82, 2.24) is 0 Å². The number of phenolic OH excluding ortho intramolecular Hbond substituents is 2. The van der Waals surface area contributed by atoms with Crippen LogP contribution in [0.3, 0.4) is 0 Å². The Labute approximate surface area is 109 Å². The van der Waals surface area contributed by atoms with Crippen LogP contribution >= 0.6 is 0 Å². The van der Waals surface area contributed by atoms with E-state index in [1.165, 1.54) is 0 Å². The van der Waals surface area contributed by atoms with Gasteiger partial charge in [0.25, 0.3) is 0 Å². The van der Waals surface area contributed by atoms with Gasteiger partial charge < -0.3 is 14.9 Å². The summed E-state index contributed by atoms with van der Waals surface area (Å²) in [6.07, 6.45) is -11.5. The van der Waals surface area contributed by atoms with Crippen molar-refractivity contribution in [3.63, 3.8) is 0 Å². The molecule has 0 spiro atoms. The van der Waals surface area contributed by atoms with Crippen LogP contribution in [0.4, 0.5) is 22.0 Å². The second-order valence-corrected chi connectivity index (χ2v) is 3.44. The Hall–Kier alpha value is -1.59. The molecule has 0 fully saturated rings. The largest absolute Gasteiger partial charge is 0.533 e. The fraction of sp³-hybridized carbons (Fsp3) is 0.333. The van der Waals surface area contributed by atoms with Crippen LogP contribution < -0.4 is 5.46 Å². The van der Waals surface area contributed by atoms with Crippen LogP contribution in [0.1, 0.15) is 0 Å². The van der Waals surface area contributed by atoms with Crippen molar-refractivity contribution in [2.45, 2.75) is 12.3 Å². The van der Waals surface area contributed by atoms with Gasteiger partial charge in [-0.05, 0) is 6.07 Å². The first kappa shape index (κ1) is 16.5. The summed E-state index contributed by atoms with van der Waals surface area (Å²) >= 11 is 0. The van der Waals surface area contributed by atoms with Crippen LogP contribution in [0.2, 0.25) is 0 Å². The van der Waals surface area contributed by atoms with Crippen LogP contribution in [0, 0.1) is 0 Å². The molecule has 0 amide bonds. The highest BCUT2D eigenvalue weighted by Crippen LogP contribution is 2.37. The molecule has 0 aromatic heterocycles. The van der Waals surface area contributed by atoms with Crippen molar-refractivity contribution in [3.8, 4) is 11.5 Å². The number of hydrogen-bond donors (Lipinski definition) is 2. The monoisotopic (exact) mass is 302 g/mol. The number of aromatic hydroxyl groups is 2. The number of alkyl halides is 5. The first-order valence-electron chi connectivity index (χ1n) is 4.93. The summed E-state index contributed by atoms with van der Waals surface area (Å²) in [5.74, 6) is -1.74. The number of hydrogen-bond acceptors (Lipinski definition) is 5. The summed E-state index contributed by atoms with van der Waals surface area (Å²) < 4.78 is 65.2. The summed E-state index contributed by atoms with van der Waals surface area (Å²) in [4.78, 5) is 8.11. The average molecular weight is 302 g/mol. The molecule has 0 radical (unpaired) electrons. The summed E-state index contributed by atoms with van der Waals surface area (Å²) in [5.41, 5.74) is -0.671. The molecular formula is C9H8BF5O5. The van der Waals surface area contributed by atoms with Crippen LogP contribution in [0.5, 0.6) is 11.5 Å². The number of benzene rings is 1. The highest BCUT2D eigenvalue weighted by atomic mass is 19.4. The van der Waals surface area contributed by atoms with Crippen molar-refractivity contribution >= 4 is 12.6 Å². The zero-order valence-electron chi connectivity index (χ0n) is 9.82. The minimum Gasteiger partial charge on any atom is -0.505 e. The van der Waals surface area contributed by atoms with Crippen LogP contribution in [-0.2, 0) is 14.3 Å². The molecule has 1 aromatic rings. The summed E-state index contributed by atoms with van der Waals surface area (Å²) in [7, 11) is -1.58. The van der Waals surface area contributed by atoms with Crippen molar-refractivity contribution in [2.75, 3.05) is 7.11 Å². The molecule has 1 aromatic carbocycles. The zero-order valence-corrected chi connectivity index (χ0v) is 9.82. The Morgan fingerprint density at radius 2 is 1.70 bits per heavy atom. The van der Waals surface area contributed by atoms with Crippen molar-refractivity contribution in [2.24, 2.45) is 0 Å². The van der Waals surface area contributed by atoms with Gasteiger partial charge in [-0.25, -0.2) is 0 Å². The highest BCUT2D eigenvalue weighted by Gasteiger charge is 2.61. The molecule has 0 saturated carbocycles. The molecule has 0 heterocycles. The highest BCUT2D eigenvalue weighted by molar-refractivity contribution is 6.62. The summed E-state index contributed by atoms with van der Waals surface area (Å²) in [6, 6.07) is 2.96. The van der Waals surface area contributed by atoms with E-state index in [1.807, 2.05) is 0 Å².